The first-order valence-corrected chi connectivity index (χ1v) is 12.2. The van der Waals surface area contributed by atoms with E-state index < -0.39 is 16.8 Å². The number of hydrogen-bond acceptors (Lipinski definition) is 6. The summed E-state index contributed by atoms with van der Waals surface area (Å²) in [5.74, 6) is -0.979. The third kappa shape index (κ3) is 4.68. The number of hydrogen-bond donors (Lipinski definition) is 0. The van der Waals surface area contributed by atoms with Gasteiger partial charge in [0.25, 0.3) is 5.91 Å². The van der Waals surface area contributed by atoms with Crippen molar-refractivity contribution >= 4 is 45.0 Å². The summed E-state index contributed by atoms with van der Waals surface area (Å²) in [6.07, 6.45) is 0. The molecule has 0 aliphatic carbocycles. The van der Waals surface area contributed by atoms with Crippen LogP contribution in [0.4, 0.5) is 9.52 Å². The van der Waals surface area contributed by atoms with Crippen LogP contribution in [-0.2, 0) is 11.0 Å². The van der Waals surface area contributed by atoms with Gasteiger partial charge in [0, 0.05) is 45.8 Å². The van der Waals surface area contributed by atoms with Gasteiger partial charge in [-0.2, -0.15) is 0 Å². The zero-order chi connectivity index (χ0) is 22.8. The minimum atomic E-state index is -1.32. The predicted octanol–water partition coefficient (Wildman–Crippen LogP) is 3.54. The summed E-state index contributed by atoms with van der Waals surface area (Å²) in [5.41, 5.74) is 0.589. The van der Waals surface area contributed by atoms with E-state index in [1.807, 2.05) is 16.4 Å². The Balaban J connectivity index is 1.43. The topological polar surface area (TPSA) is 69.6 Å². The largest absolute Gasteiger partial charge is 0.345 e. The molecule has 2 heterocycles. The van der Waals surface area contributed by atoms with Gasteiger partial charge in [-0.15, -0.1) is 10.2 Å². The highest BCUT2D eigenvalue weighted by atomic mass is 35.5. The minimum Gasteiger partial charge on any atom is -0.345 e. The van der Waals surface area contributed by atoms with Crippen molar-refractivity contribution in [2.75, 3.05) is 45.2 Å². The van der Waals surface area contributed by atoms with Gasteiger partial charge < -0.3 is 9.80 Å². The van der Waals surface area contributed by atoms with Crippen LogP contribution >= 0.6 is 22.9 Å². The summed E-state index contributed by atoms with van der Waals surface area (Å²) in [7, 11) is 1.84. The second kappa shape index (κ2) is 9.62. The Bertz CT molecular complexity index is 1160. The Labute approximate surface area is 197 Å². The fourth-order valence-corrected chi connectivity index (χ4v) is 5.72. The van der Waals surface area contributed by atoms with Gasteiger partial charge in [0.2, 0.25) is 5.13 Å². The number of anilines is 1. The molecule has 0 radical (unpaired) electrons. The van der Waals surface area contributed by atoms with Gasteiger partial charge in [-0.05, 0) is 24.3 Å². The van der Waals surface area contributed by atoms with E-state index in [4.69, 9.17) is 11.6 Å². The Hall–Kier alpha value is -2.40. The van der Waals surface area contributed by atoms with E-state index in [0.717, 1.165) is 5.13 Å². The van der Waals surface area contributed by atoms with Gasteiger partial charge in [0.05, 0.1) is 15.5 Å². The molecular formula is C21H21ClFN5O2S2. The lowest BCUT2D eigenvalue weighted by Crippen LogP contribution is -2.47. The molecule has 1 aliphatic rings. The van der Waals surface area contributed by atoms with Gasteiger partial charge in [0.15, 0.2) is 0 Å². The normalized spacial score (nSPS) is 15.6. The molecule has 11 heteroatoms. The van der Waals surface area contributed by atoms with Crippen molar-refractivity contribution in [1.29, 1.82) is 0 Å². The van der Waals surface area contributed by atoms with Gasteiger partial charge in [-0.25, -0.2) is 12.9 Å². The number of carbonyl (C=O) groups is 1. The molecule has 2 aromatic carbocycles. The molecule has 168 valence electrons. The number of benzene rings is 2. The van der Waals surface area contributed by atoms with Gasteiger partial charge in [0.1, 0.15) is 21.8 Å². The molecule has 0 saturated carbocycles. The van der Waals surface area contributed by atoms with Crippen LogP contribution in [0.2, 0.25) is 5.02 Å². The Morgan fingerprint density at radius 2 is 1.84 bits per heavy atom. The average Bonchev–Trinajstić information content (AvgIpc) is 3.29. The van der Waals surface area contributed by atoms with Crippen molar-refractivity contribution in [2.45, 2.75) is 4.90 Å². The van der Waals surface area contributed by atoms with Crippen LogP contribution in [0.5, 0.6) is 0 Å². The van der Waals surface area contributed by atoms with E-state index >= 15 is 0 Å². The van der Waals surface area contributed by atoms with Crippen LogP contribution in [0.1, 0.15) is 10.4 Å². The fraction of sp³-hybridized carbons (Fsp3) is 0.286. The highest BCUT2D eigenvalue weighted by molar-refractivity contribution is 7.82. The van der Waals surface area contributed by atoms with Crippen LogP contribution in [0.3, 0.4) is 0 Å². The number of amides is 1. The minimum absolute atomic E-state index is 0.0196. The van der Waals surface area contributed by atoms with Crippen molar-refractivity contribution < 1.29 is 13.4 Å². The number of nitrogens with zero attached hydrogens (tertiary/aromatic N) is 5. The number of aromatic nitrogens is 2. The number of rotatable bonds is 5. The molecule has 3 aromatic rings. The third-order valence-electron chi connectivity index (χ3n) is 5.04. The molecule has 1 unspecified atom stereocenters. The average molecular weight is 494 g/mol. The highest BCUT2D eigenvalue weighted by Crippen LogP contribution is 2.31. The smallest absolute Gasteiger partial charge is 0.256 e. The Morgan fingerprint density at radius 3 is 2.50 bits per heavy atom. The molecular weight excluding hydrogens is 473 g/mol. The summed E-state index contributed by atoms with van der Waals surface area (Å²) in [5, 5.41) is 10.2. The Kier molecular flexibility index (Phi) is 6.85. The molecule has 1 fully saturated rings. The van der Waals surface area contributed by atoms with Gasteiger partial charge >= 0.3 is 0 Å². The molecule has 32 heavy (non-hydrogen) atoms. The monoisotopic (exact) mass is 493 g/mol. The summed E-state index contributed by atoms with van der Waals surface area (Å²) in [4.78, 5) is 16.0. The van der Waals surface area contributed by atoms with Crippen molar-refractivity contribution in [3.05, 3.63) is 58.9 Å². The van der Waals surface area contributed by atoms with Crippen molar-refractivity contribution in [1.82, 2.24) is 19.4 Å². The van der Waals surface area contributed by atoms with Crippen LogP contribution in [0, 0.1) is 5.82 Å². The van der Waals surface area contributed by atoms with Gasteiger partial charge in [-0.1, -0.05) is 41.1 Å². The molecule has 1 aliphatic heterocycles. The van der Waals surface area contributed by atoms with Crippen molar-refractivity contribution in [3.63, 3.8) is 0 Å². The third-order valence-corrected chi connectivity index (χ3v) is 8.08. The van der Waals surface area contributed by atoms with E-state index in [1.54, 1.807) is 32.3 Å². The van der Waals surface area contributed by atoms with Crippen molar-refractivity contribution in [3.8, 4) is 10.6 Å². The molecule has 7 nitrogen and oxygen atoms in total. The first-order chi connectivity index (χ1) is 15.3. The summed E-state index contributed by atoms with van der Waals surface area (Å²) >= 11 is 7.54. The zero-order valence-corrected chi connectivity index (χ0v) is 19.9. The second-order valence-electron chi connectivity index (χ2n) is 7.38. The van der Waals surface area contributed by atoms with E-state index in [1.165, 1.54) is 28.4 Å². The second-order valence-corrected chi connectivity index (χ2v) is 10.2. The molecule has 0 spiro atoms. The first-order valence-electron chi connectivity index (χ1n) is 9.86. The quantitative estimate of drug-likeness (QED) is 0.543. The fourth-order valence-electron chi connectivity index (χ4n) is 3.29. The number of carbonyl (C=O) groups excluding carboxylic acids is 1. The number of piperazine rings is 1. The molecule has 1 atom stereocenters. The van der Waals surface area contributed by atoms with E-state index in [0.29, 0.717) is 46.7 Å². The standard InChI is InChI=1S/C21H21ClFN5O2S2/c1-26(2)20(29)15-8-7-14(13-17(15)23)19-24-25-21(31-19)27-9-11-28(12-10-27)32(30)18-6-4-3-5-16(18)22/h3-8,13H,9-12H2,1-2H3. The summed E-state index contributed by atoms with van der Waals surface area (Å²) in [6.45, 7) is 2.44. The predicted molar refractivity (Wildman–Crippen MR) is 125 cm³/mol. The first kappa shape index (κ1) is 22.8. The maximum absolute atomic E-state index is 14.4. The SMILES string of the molecule is CN(C)C(=O)c1ccc(-c2nnc(N3CCN(S(=O)c4ccccc4Cl)CC3)s2)cc1F. The lowest BCUT2D eigenvalue weighted by Gasteiger charge is -2.33. The van der Waals surface area contributed by atoms with Crippen LogP contribution in [-0.4, -0.2) is 69.8 Å². The lowest BCUT2D eigenvalue weighted by atomic mass is 10.1. The maximum atomic E-state index is 14.4. The zero-order valence-electron chi connectivity index (χ0n) is 17.5. The molecule has 0 bridgehead atoms. The summed E-state index contributed by atoms with van der Waals surface area (Å²) in [6, 6.07) is 11.6. The lowest BCUT2D eigenvalue weighted by molar-refractivity contribution is 0.0823. The summed E-state index contributed by atoms with van der Waals surface area (Å²) < 4.78 is 29.2. The number of halogens is 2. The van der Waals surface area contributed by atoms with Crippen LogP contribution in [0.25, 0.3) is 10.6 Å². The van der Waals surface area contributed by atoms with Crippen LogP contribution in [0.15, 0.2) is 47.4 Å². The molecule has 4 rings (SSSR count). The molecule has 1 saturated heterocycles. The Morgan fingerprint density at radius 1 is 1.12 bits per heavy atom. The van der Waals surface area contributed by atoms with E-state index in [-0.39, 0.29) is 11.5 Å². The molecule has 1 aromatic heterocycles. The van der Waals surface area contributed by atoms with E-state index in [9.17, 15) is 13.4 Å². The highest BCUT2D eigenvalue weighted by Gasteiger charge is 2.25. The van der Waals surface area contributed by atoms with Crippen LogP contribution < -0.4 is 4.90 Å². The molecule has 0 N–H and O–H groups in total. The van der Waals surface area contributed by atoms with E-state index in [2.05, 4.69) is 15.1 Å². The molecule has 1 amide bonds. The maximum Gasteiger partial charge on any atom is 0.256 e. The van der Waals surface area contributed by atoms with Gasteiger partial charge in [-0.3, -0.25) is 4.79 Å². The van der Waals surface area contributed by atoms with Crippen molar-refractivity contribution in [2.24, 2.45) is 0 Å².